The van der Waals surface area contributed by atoms with Crippen molar-refractivity contribution in [2.24, 2.45) is 0 Å². The molecule has 2 fully saturated rings. The first-order valence-electron chi connectivity index (χ1n) is 9.07. The summed E-state index contributed by atoms with van der Waals surface area (Å²) in [6.45, 7) is 4.90. The van der Waals surface area contributed by atoms with E-state index in [2.05, 4.69) is 11.8 Å². The highest BCUT2D eigenvalue weighted by atomic mass is 19.1. The van der Waals surface area contributed by atoms with Crippen LogP contribution < -0.4 is 4.90 Å². The Bertz CT molecular complexity index is 806. The van der Waals surface area contributed by atoms with Gasteiger partial charge in [-0.05, 0) is 36.8 Å². The van der Waals surface area contributed by atoms with E-state index < -0.39 is 5.60 Å². The summed E-state index contributed by atoms with van der Waals surface area (Å²) in [4.78, 5) is 16.2. The van der Waals surface area contributed by atoms with E-state index in [1.165, 1.54) is 12.1 Å². The number of morpholine rings is 1. The summed E-state index contributed by atoms with van der Waals surface area (Å²) in [6.07, 6.45) is 1.73. The molecule has 0 radical (unpaired) electrons. The van der Waals surface area contributed by atoms with Crippen molar-refractivity contribution in [2.75, 3.05) is 31.1 Å². The largest absolute Gasteiger partial charge is 0.465 e. The van der Waals surface area contributed by atoms with E-state index in [0.29, 0.717) is 12.2 Å². The molecule has 138 valence electrons. The van der Waals surface area contributed by atoms with E-state index in [0.717, 1.165) is 44.0 Å². The maximum absolute atomic E-state index is 13.6. The summed E-state index contributed by atoms with van der Waals surface area (Å²) in [7, 11) is 0. The van der Waals surface area contributed by atoms with E-state index in [-0.39, 0.29) is 18.3 Å². The van der Waals surface area contributed by atoms with Crippen LogP contribution in [-0.2, 0) is 22.5 Å². The molecule has 0 saturated carbocycles. The second-order valence-electron chi connectivity index (χ2n) is 7.11. The highest BCUT2D eigenvalue weighted by molar-refractivity contribution is 5.95. The molecule has 6 heteroatoms. The van der Waals surface area contributed by atoms with Crippen LogP contribution in [0, 0.1) is 5.82 Å². The molecular formula is C20H23FN2O3. The molecule has 2 aromatic rings. The number of ether oxygens (including phenoxy) is 1. The van der Waals surface area contributed by atoms with Crippen LogP contribution in [0.4, 0.5) is 10.1 Å². The van der Waals surface area contributed by atoms with E-state index in [1.54, 1.807) is 17.0 Å². The zero-order valence-electron chi connectivity index (χ0n) is 14.9. The molecule has 1 amide bonds. The molecule has 3 heterocycles. The minimum absolute atomic E-state index is 0.0328. The molecule has 5 nitrogen and oxygen atoms in total. The summed E-state index contributed by atoms with van der Waals surface area (Å²) in [5.41, 5.74) is 0.190. The van der Waals surface area contributed by atoms with Crippen LogP contribution in [0.2, 0.25) is 0 Å². The topological polar surface area (TPSA) is 45.9 Å². The zero-order chi connectivity index (χ0) is 18.1. The Kier molecular flexibility index (Phi) is 4.54. The number of halogens is 1. The number of benzene rings is 1. The summed E-state index contributed by atoms with van der Waals surface area (Å²) >= 11 is 0. The van der Waals surface area contributed by atoms with Gasteiger partial charge >= 0.3 is 0 Å². The zero-order valence-corrected chi connectivity index (χ0v) is 14.9. The molecule has 2 saturated heterocycles. The number of nitrogens with zero attached hydrogens (tertiary/aromatic N) is 2. The number of aryl methyl sites for hydroxylation is 1. The summed E-state index contributed by atoms with van der Waals surface area (Å²) in [6, 6.07) is 10.2. The Morgan fingerprint density at radius 1 is 1.19 bits per heavy atom. The Balaban J connectivity index is 1.46. The first-order valence-corrected chi connectivity index (χ1v) is 9.07. The molecule has 2 aliphatic rings. The molecule has 0 bridgehead atoms. The third-order valence-corrected chi connectivity index (χ3v) is 5.21. The predicted octanol–water partition coefficient (Wildman–Crippen LogP) is 2.99. The number of carbonyl (C=O) groups is 1. The number of likely N-dealkylation sites (tertiary alicyclic amines) is 1. The van der Waals surface area contributed by atoms with Crippen LogP contribution in [0.25, 0.3) is 0 Å². The van der Waals surface area contributed by atoms with Gasteiger partial charge in [0.1, 0.15) is 29.5 Å². The fourth-order valence-corrected chi connectivity index (χ4v) is 3.82. The van der Waals surface area contributed by atoms with Gasteiger partial charge in [-0.2, -0.15) is 0 Å². The van der Waals surface area contributed by atoms with Crippen molar-refractivity contribution < 1.29 is 18.3 Å². The molecule has 4 rings (SSSR count). The van der Waals surface area contributed by atoms with Crippen LogP contribution in [0.3, 0.4) is 0 Å². The number of furan rings is 1. The molecule has 0 N–H and O–H groups in total. The van der Waals surface area contributed by atoms with Crippen molar-refractivity contribution in [1.29, 1.82) is 0 Å². The summed E-state index contributed by atoms with van der Waals surface area (Å²) in [5.74, 6) is 1.48. The van der Waals surface area contributed by atoms with E-state index in [1.807, 2.05) is 12.1 Å². The van der Waals surface area contributed by atoms with E-state index in [9.17, 15) is 9.18 Å². The first-order chi connectivity index (χ1) is 12.6. The number of hydrogen-bond donors (Lipinski definition) is 0. The standard InChI is InChI=1S/C20H23FN2O3/c1-2-17-6-7-18(26-17)11-22-9-8-20(13-22)14-23(19(24)12-25-20)16-5-3-4-15(21)10-16/h3-7,10H,2,8-9,11-14H2,1H3. The fraction of sp³-hybridized carbons (Fsp3) is 0.450. The molecule has 1 spiro atoms. The average Bonchev–Trinajstić information content (AvgIpc) is 3.25. The van der Waals surface area contributed by atoms with Crippen LogP contribution >= 0.6 is 0 Å². The minimum atomic E-state index is -0.402. The predicted molar refractivity (Wildman–Crippen MR) is 95.4 cm³/mol. The molecule has 0 aliphatic carbocycles. The van der Waals surface area contributed by atoms with Crippen molar-refractivity contribution in [3.05, 3.63) is 53.7 Å². The van der Waals surface area contributed by atoms with Gasteiger partial charge in [-0.15, -0.1) is 0 Å². The van der Waals surface area contributed by atoms with Gasteiger partial charge in [0.15, 0.2) is 0 Å². The number of hydrogen-bond acceptors (Lipinski definition) is 4. The lowest BCUT2D eigenvalue weighted by atomic mass is 10.00. The quantitative estimate of drug-likeness (QED) is 0.843. The smallest absolute Gasteiger partial charge is 0.253 e. The number of anilines is 1. The molecule has 2 aliphatic heterocycles. The number of amides is 1. The van der Waals surface area contributed by atoms with Gasteiger partial charge in [0.2, 0.25) is 0 Å². The Hall–Kier alpha value is -2.18. The van der Waals surface area contributed by atoms with Gasteiger partial charge in [-0.3, -0.25) is 9.69 Å². The molecular weight excluding hydrogens is 335 g/mol. The van der Waals surface area contributed by atoms with Crippen molar-refractivity contribution in [3.8, 4) is 0 Å². The molecule has 26 heavy (non-hydrogen) atoms. The lowest BCUT2D eigenvalue weighted by Crippen LogP contribution is -2.56. The van der Waals surface area contributed by atoms with Gasteiger partial charge in [0.25, 0.3) is 5.91 Å². The van der Waals surface area contributed by atoms with Gasteiger partial charge in [-0.1, -0.05) is 13.0 Å². The van der Waals surface area contributed by atoms with Crippen LogP contribution in [0.5, 0.6) is 0 Å². The highest BCUT2D eigenvalue weighted by Crippen LogP contribution is 2.33. The summed E-state index contributed by atoms with van der Waals surface area (Å²) < 4.78 is 25.3. The number of carbonyl (C=O) groups excluding carboxylic acids is 1. The van der Waals surface area contributed by atoms with Crippen molar-refractivity contribution in [2.45, 2.75) is 31.9 Å². The summed E-state index contributed by atoms with van der Waals surface area (Å²) in [5, 5.41) is 0. The van der Waals surface area contributed by atoms with Crippen LogP contribution in [0.1, 0.15) is 24.9 Å². The Morgan fingerprint density at radius 3 is 2.81 bits per heavy atom. The first kappa shape index (κ1) is 17.2. The lowest BCUT2D eigenvalue weighted by Gasteiger charge is -2.40. The molecule has 1 aromatic heterocycles. The van der Waals surface area contributed by atoms with Crippen molar-refractivity contribution in [1.82, 2.24) is 4.90 Å². The van der Waals surface area contributed by atoms with Gasteiger partial charge in [0, 0.05) is 25.2 Å². The maximum Gasteiger partial charge on any atom is 0.253 e. The van der Waals surface area contributed by atoms with Crippen molar-refractivity contribution in [3.63, 3.8) is 0 Å². The second kappa shape index (κ2) is 6.85. The average molecular weight is 358 g/mol. The monoisotopic (exact) mass is 358 g/mol. The third-order valence-electron chi connectivity index (χ3n) is 5.21. The lowest BCUT2D eigenvalue weighted by molar-refractivity contribution is -0.137. The number of rotatable bonds is 4. The second-order valence-corrected chi connectivity index (χ2v) is 7.11. The van der Waals surface area contributed by atoms with Gasteiger partial charge in [-0.25, -0.2) is 4.39 Å². The normalized spacial score (nSPS) is 23.9. The maximum atomic E-state index is 13.6. The van der Waals surface area contributed by atoms with Crippen LogP contribution in [0.15, 0.2) is 40.8 Å². The molecule has 1 unspecified atom stereocenters. The SMILES string of the molecule is CCc1ccc(CN2CCC3(C2)CN(c2cccc(F)c2)C(=O)CO3)o1. The highest BCUT2D eigenvalue weighted by Gasteiger charge is 2.45. The minimum Gasteiger partial charge on any atom is -0.465 e. The van der Waals surface area contributed by atoms with Gasteiger partial charge in [0.05, 0.1) is 13.1 Å². The third kappa shape index (κ3) is 3.39. The van der Waals surface area contributed by atoms with E-state index >= 15 is 0 Å². The van der Waals surface area contributed by atoms with Gasteiger partial charge < -0.3 is 14.1 Å². The van der Waals surface area contributed by atoms with Crippen LogP contribution in [-0.4, -0.2) is 42.6 Å². The molecule has 1 atom stereocenters. The Labute approximate surface area is 152 Å². The van der Waals surface area contributed by atoms with E-state index in [4.69, 9.17) is 9.15 Å². The fourth-order valence-electron chi connectivity index (χ4n) is 3.82. The van der Waals surface area contributed by atoms with Crippen molar-refractivity contribution >= 4 is 11.6 Å². The Morgan fingerprint density at radius 2 is 2.04 bits per heavy atom. The molecule has 1 aromatic carbocycles.